The molecule has 2 aromatic carbocycles. The number of nitrogens with zero attached hydrogens (tertiary/aromatic N) is 2. The maximum atomic E-state index is 12.2. The van der Waals surface area contributed by atoms with Gasteiger partial charge in [0.25, 0.3) is 0 Å². The Morgan fingerprint density at radius 1 is 1.00 bits per heavy atom. The fourth-order valence-corrected chi connectivity index (χ4v) is 3.29. The van der Waals surface area contributed by atoms with Gasteiger partial charge in [-0.1, -0.05) is 30.3 Å². The molecule has 7 nitrogen and oxygen atoms in total. The van der Waals surface area contributed by atoms with Gasteiger partial charge in [0.15, 0.2) is 0 Å². The third kappa shape index (κ3) is 8.11. The van der Waals surface area contributed by atoms with E-state index in [1.165, 1.54) is 0 Å². The summed E-state index contributed by atoms with van der Waals surface area (Å²) in [5.74, 6) is 0.867. The van der Waals surface area contributed by atoms with E-state index in [0.717, 1.165) is 36.6 Å². The van der Waals surface area contributed by atoms with Crippen LogP contribution in [0.3, 0.4) is 0 Å². The molecule has 7 heteroatoms. The van der Waals surface area contributed by atoms with E-state index in [-0.39, 0.29) is 6.09 Å². The van der Waals surface area contributed by atoms with Gasteiger partial charge in [-0.05, 0) is 50.6 Å². The molecule has 0 aromatic heterocycles. The molecule has 0 unspecified atom stereocenters. The predicted octanol–water partition coefficient (Wildman–Crippen LogP) is 3.73. The number of nitrogens with one attached hydrogen (secondary N) is 2. The van der Waals surface area contributed by atoms with Gasteiger partial charge in [0.2, 0.25) is 0 Å². The standard InChI is InChI=1S/C24H34N4O3/c1-24(2,3)31-23(29)28-14-12-27(13-15-28)16-17-30-22-11-7-8-20(18-22)19-25-26-21-9-5-4-6-10-21/h4-11,18,25-26H,12-17,19H2,1-3H3. The Hall–Kier alpha value is -2.77. The topological polar surface area (TPSA) is 66.1 Å². The second-order valence-corrected chi connectivity index (χ2v) is 8.65. The molecule has 0 aliphatic carbocycles. The largest absolute Gasteiger partial charge is 0.492 e. The lowest BCUT2D eigenvalue weighted by molar-refractivity contribution is 0.0137. The summed E-state index contributed by atoms with van der Waals surface area (Å²) >= 11 is 0. The molecule has 0 bridgehead atoms. The minimum Gasteiger partial charge on any atom is -0.492 e. The van der Waals surface area contributed by atoms with Crippen LogP contribution in [0, 0.1) is 0 Å². The van der Waals surface area contributed by atoms with E-state index in [9.17, 15) is 4.79 Å². The predicted molar refractivity (Wildman–Crippen MR) is 123 cm³/mol. The van der Waals surface area contributed by atoms with Crippen LogP contribution in [0.2, 0.25) is 0 Å². The number of piperazine rings is 1. The van der Waals surface area contributed by atoms with E-state index in [0.29, 0.717) is 26.2 Å². The number of carbonyl (C=O) groups excluding carboxylic acids is 1. The second-order valence-electron chi connectivity index (χ2n) is 8.65. The highest BCUT2D eigenvalue weighted by molar-refractivity contribution is 5.68. The number of anilines is 1. The first-order valence-electron chi connectivity index (χ1n) is 10.8. The molecule has 0 radical (unpaired) electrons. The summed E-state index contributed by atoms with van der Waals surface area (Å²) in [5, 5.41) is 0. The van der Waals surface area contributed by atoms with Gasteiger partial charge in [0.05, 0.1) is 0 Å². The second kappa shape index (κ2) is 11.0. The summed E-state index contributed by atoms with van der Waals surface area (Å²) in [6.45, 7) is 10.9. The number of benzene rings is 2. The maximum absolute atomic E-state index is 12.2. The SMILES string of the molecule is CC(C)(C)OC(=O)N1CCN(CCOc2cccc(CNNc3ccccc3)c2)CC1. The molecule has 2 N–H and O–H groups in total. The van der Waals surface area contributed by atoms with Crippen LogP contribution in [0.5, 0.6) is 5.75 Å². The molecular weight excluding hydrogens is 392 g/mol. The molecular formula is C24H34N4O3. The lowest BCUT2D eigenvalue weighted by atomic mass is 10.2. The highest BCUT2D eigenvalue weighted by Gasteiger charge is 2.25. The molecule has 2 aromatic rings. The van der Waals surface area contributed by atoms with Crippen LogP contribution >= 0.6 is 0 Å². The highest BCUT2D eigenvalue weighted by atomic mass is 16.6. The van der Waals surface area contributed by atoms with Crippen molar-refractivity contribution in [2.45, 2.75) is 32.9 Å². The molecule has 1 amide bonds. The van der Waals surface area contributed by atoms with Gasteiger partial charge in [0.1, 0.15) is 18.0 Å². The van der Waals surface area contributed by atoms with Crippen molar-refractivity contribution in [3.63, 3.8) is 0 Å². The van der Waals surface area contributed by atoms with Gasteiger partial charge in [-0.3, -0.25) is 4.90 Å². The van der Waals surface area contributed by atoms with E-state index < -0.39 is 5.60 Å². The Morgan fingerprint density at radius 3 is 2.45 bits per heavy atom. The zero-order chi connectivity index (χ0) is 22.1. The normalized spacial score (nSPS) is 14.9. The molecule has 1 fully saturated rings. The summed E-state index contributed by atoms with van der Waals surface area (Å²) in [7, 11) is 0. The number of hydrogen-bond acceptors (Lipinski definition) is 6. The summed E-state index contributed by atoms with van der Waals surface area (Å²) in [6, 6.07) is 18.1. The Morgan fingerprint density at radius 2 is 1.74 bits per heavy atom. The summed E-state index contributed by atoms with van der Waals surface area (Å²) in [4.78, 5) is 16.3. The molecule has 0 saturated carbocycles. The molecule has 1 heterocycles. The van der Waals surface area contributed by atoms with Crippen molar-refractivity contribution in [1.82, 2.24) is 15.2 Å². The summed E-state index contributed by atoms with van der Waals surface area (Å²) < 4.78 is 11.4. The average molecular weight is 427 g/mol. The summed E-state index contributed by atoms with van der Waals surface area (Å²) in [6.07, 6.45) is -0.226. The van der Waals surface area contributed by atoms with Crippen molar-refractivity contribution in [2.75, 3.05) is 44.8 Å². The van der Waals surface area contributed by atoms with Gasteiger partial charge < -0.3 is 19.8 Å². The number of hydrazine groups is 1. The quantitative estimate of drug-likeness (QED) is 0.627. The fraction of sp³-hybridized carbons (Fsp3) is 0.458. The summed E-state index contributed by atoms with van der Waals surface area (Å²) in [5.41, 5.74) is 8.13. The first-order valence-corrected chi connectivity index (χ1v) is 10.8. The Balaban J connectivity index is 1.34. The van der Waals surface area contributed by atoms with Crippen LogP contribution in [-0.4, -0.2) is 60.8 Å². The zero-order valence-corrected chi connectivity index (χ0v) is 18.8. The number of rotatable bonds is 8. The van der Waals surface area contributed by atoms with Crippen molar-refractivity contribution >= 4 is 11.8 Å². The van der Waals surface area contributed by atoms with Crippen molar-refractivity contribution < 1.29 is 14.3 Å². The van der Waals surface area contributed by atoms with E-state index in [1.54, 1.807) is 4.90 Å². The number of ether oxygens (including phenoxy) is 2. The third-order valence-corrected chi connectivity index (χ3v) is 4.90. The van der Waals surface area contributed by atoms with Crippen LogP contribution in [0.25, 0.3) is 0 Å². The number of para-hydroxylation sites is 1. The lowest BCUT2D eigenvalue weighted by Crippen LogP contribution is -2.50. The van der Waals surface area contributed by atoms with E-state index in [2.05, 4.69) is 27.9 Å². The first-order chi connectivity index (χ1) is 14.9. The number of amides is 1. The lowest BCUT2D eigenvalue weighted by Gasteiger charge is -2.35. The molecule has 0 atom stereocenters. The van der Waals surface area contributed by atoms with Gasteiger partial charge in [0, 0.05) is 45.0 Å². The monoisotopic (exact) mass is 426 g/mol. The van der Waals surface area contributed by atoms with E-state index >= 15 is 0 Å². The molecule has 31 heavy (non-hydrogen) atoms. The molecule has 168 valence electrons. The van der Waals surface area contributed by atoms with Crippen molar-refractivity contribution in [2.24, 2.45) is 0 Å². The van der Waals surface area contributed by atoms with Gasteiger partial charge >= 0.3 is 6.09 Å². The Labute approximate surface area is 185 Å². The number of carbonyl (C=O) groups is 1. The molecule has 1 aliphatic heterocycles. The Kier molecular flexibility index (Phi) is 8.14. The molecule has 1 aliphatic rings. The van der Waals surface area contributed by atoms with Crippen LogP contribution in [0.4, 0.5) is 10.5 Å². The van der Waals surface area contributed by atoms with Crippen LogP contribution < -0.4 is 15.6 Å². The molecule has 3 rings (SSSR count). The average Bonchev–Trinajstić information content (AvgIpc) is 2.74. The van der Waals surface area contributed by atoms with E-state index in [1.807, 2.05) is 63.2 Å². The van der Waals surface area contributed by atoms with Crippen molar-refractivity contribution in [3.05, 3.63) is 60.2 Å². The molecule has 1 saturated heterocycles. The minimum absolute atomic E-state index is 0.226. The smallest absolute Gasteiger partial charge is 0.410 e. The van der Waals surface area contributed by atoms with E-state index in [4.69, 9.17) is 9.47 Å². The zero-order valence-electron chi connectivity index (χ0n) is 18.8. The van der Waals surface area contributed by atoms with Crippen LogP contribution in [0.1, 0.15) is 26.3 Å². The van der Waals surface area contributed by atoms with Gasteiger partial charge in [-0.25, -0.2) is 10.2 Å². The van der Waals surface area contributed by atoms with Crippen molar-refractivity contribution in [3.8, 4) is 5.75 Å². The minimum atomic E-state index is -0.455. The first kappa shape index (κ1) is 22.9. The maximum Gasteiger partial charge on any atom is 0.410 e. The number of hydrogen-bond donors (Lipinski definition) is 2. The fourth-order valence-electron chi connectivity index (χ4n) is 3.29. The van der Waals surface area contributed by atoms with Crippen LogP contribution in [0.15, 0.2) is 54.6 Å². The van der Waals surface area contributed by atoms with Gasteiger partial charge in [-0.15, -0.1) is 0 Å². The third-order valence-electron chi connectivity index (χ3n) is 4.90. The van der Waals surface area contributed by atoms with Crippen LogP contribution in [-0.2, 0) is 11.3 Å². The highest BCUT2D eigenvalue weighted by Crippen LogP contribution is 2.15. The van der Waals surface area contributed by atoms with Crippen molar-refractivity contribution in [1.29, 1.82) is 0 Å². The molecule has 0 spiro atoms. The van der Waals surface area contributed by atoms with Gasteiger partial charge in [-0.2, -0.15) is 0 Å². The Bertz CT molecular complexity index is 815.